The SMILES string of the molecule is Cc1cccc(NC(=O)[C@@H](C)Oc2ccc([N+](=O)[O-])cc2C=O)c1. The van der Waals surface area contributed by atoms with E-state index in [1.807, 2.05) is 25.1 Å². The minimum absolute atomic E-state index is 0.0133. The fourth-order valence-electron chi connectivity index (χ4n) is 2.06. The van der Waals surface area contributed by atoms with E-state index in [1.54, 1.807) is 6.07 Å². The molecule has 0 spiro atoms. The molecule has 0 bridgehead atoms. The third kappa shape index (κ3) is 4.16. The zero-order valence-electron chi connectivity index (χ0n) is 13.2. The van der Waals surface area contributed by atoms with E-state index in [0.717, 1.165) is 11.6 Å². The van der Waals surface area contributed by atoms with E-state index in [9.17, 15) is 19.7 Å². The maximum absolute atomic E-state index is 12.2. The van der Waals surface area contributed by atoms with Crippen molar-refractivity contribution < 1.29 is 19.2 Å². The summed E-state index contributed by atoms with van der Waals surface area (Å²) in [6.07, 6.45) is -0.432. The molecule has 2 aromatic rings. The number of amides is 1. The molecule has 2 rings (SSSR count). The van der Waals surface area contributed by atoms with Crippen LogP contribution in [0.4, 0.5) is 11.4 Å². The molecule has 0 fully saturated rings. The molecule has 0 radical (unpaired) electrons. The Bertz CT molecular complexity index is 788. The highest BCUT2D eigenvalue weighted by Crippen LogP contribution is 2.24. The van der Waals surface area contributed by atoms with Crippen molar-refractivity contribution in [3.05, 3.63) is 63.7 Å². The molecule has 0 saturated carbocycles. The summed E-state index contributed by atoms with van der Waals surface area (Å²) in [6, 6.07) is 10.9. The molecule has 24 heavy (non-hydrogen) atoms. The summed E-state index contributed by atoms with van der Waals surface area (Å²) in [6.45, 7) is 3.43. The monoisotopic (exact) mass is 328 g/mol. The topological polar surface area (TPSA) is 98.5 Å². The molecule has 0 aliphatic rings. The first kappa shape index (κ1) is 17.1. The van der Waals surface area contributed by atoms with E-state index in [1.165, 1.54) is 19.1 Å². The third-order valence-corrected chi connectivity index (χ3v) is 3.29. The Balaban J connectivity index is 2.11. The van der Waals surface area contributed by atoms with Crippen LogP contribution in [0.5, 0.6) is 5.75 Å². The van der Waals surface area contributed by atoms with Crippen LogP contribution in [0.15, 0.2) is 42.5 Å². The summed E-state index contributed by atoms with van der Waals surface area (Å²) in [5, 5.41) is 13.4. The molecule has 1 atom stereocenters. The lowest BCUT2D eigenvalue weighted by atomic mass is 10.2. The van der Waals surface area contributed by atoms with Crippen LogP contribution in [0.3, 0.4) is 0 Å². The number of carbonyl (C=O) groups excluding carboxylic acids is 2. The number of nitrogens with zero attached hydrogens (tertiary/aromatic N) is 1. The largest absolute Gasteiger partial charge is 0.480 e. The maximum Gasteiger partial charge on any atom is 0.270 e. The van der Waals surface area contributed by atoms with Gasteiger partial charge in [-0.2, -0.15) is 0 Å². The molecule has 124 valence electrons. The Morgan fingerprint density at radius 3 is 2.67 bits per heavy atom. The molecule has 0 aromatic heterocycles. The zero-order valence-corrected chi connectivity index (χ0v) is 13.2. The number of rotatable bonds is 6. The van der Waals surface area contributed by atoms with Gasteiger partial charge in [-0.3, -0.25) is 19.7 Å². The zero-order chi connectivity index (χ0) is 17.7. The average molecular weight is 328 g/mol. The van der Waals surface area contributed by atoms with Crippen molar-refractivity contribution in [3.8, 4) is 5.75 Å². The molecule has 0 heterocycles. The number of hydrogen-bond acceptors (Lipinski definition) is 5. The minimum atomic E-state index is -0.884. The lowest BCUT2D eigenvalue weighted by Gasteiger charge is -2.16. The Morgan fingerprint density at radius 2 is 2.04 bits per heavy atom. The quantitative estimate of drug-likeness (QED) is 0.499. The number of ether oxygens (including phenoxy) is 1. The minimum Gasteiger partial charge on any atom is -0.480 e. The highest BCUT2D eigenvalue weighted by Gasteiger charge is 2.18. The van der Waals surface area contributed by atoms with Gasteiger partial charge >= 0.3 is 0 Å². The molecule has 2 aromatic carbocycles. The van der Waals surface area contributed by atoms with Crippen molar-refractivity contribution in [2.45, 2.75) is 20.0 Å². The Kier molecular flexibility index (Phi) is 5.26. The molecule has 1 N–H and O–H groups in total. The number of anilines is 1. The fourth-order valence-corrected chi connectivity index (χ4v) is 2.06. The molecule has 0 unspecified atom stereocenters. The molecule has 0 aliphatic heterocycles. The van der Waals surface area contributed by atoms with Crippen LogP contribution in [-0.2, 0) is 4.79 Å². The summed E-state index contributed by atoms with van der Waals surface area (Å²) < 4.78 is 5.47. The number of aryl methyl sites for hydroxylation is 1. The van der Waals surface area contributed by atoms with Gasteiger partial charge in [0.2, 0.25) is 0 Å². The molecule has 1 amide bonds. The van der Waals surface area contributed by atoms with Crippen molar-refractivity contribution in [2.24, 2.45) is 0 Å². The van der Waals surface area contributed by atoms with Gasteiger partial charge in [0.15, 0.2) is 12.4 Å². The van der Waals surface area contributed by atoms with E-state index < -0.39 is 16.9 Å². The standard InChI is InChI=1S/C17H16N2O5/c1-11-4-3-5-14(8-11)18-17(21)12(2)24-16-7-6-15(19(22)23)9-13(16)10-20/h3-10,12H,1-2H3,(H,18,21)/t12-/m1/s1. The number of nitro benzene ring substituents is 1. The third-order valence-electron chi connectivity index (χ3n) is 3.29. The first-order chi connectivity index (χ1) is 11.4. The van der Waals surface area contributed by atoms with Gasteiger partial charge in [-0.15, -0.1) is 0 Å². The Morgan fingerprint density at radius 1 is 1.29 bits per heavy atom. The van der Waals surface area contributed by atoms with Gasteiger partial charge in [-0.1, -0.05) is 12.1 Å². The van der Waals surface area contributed by atoms with Crippen LogP contribution in [-0.4, -0.2) is 23.2 Å². The molecular weight excluding hydrogens is 312 g/mol. The Hall–Kier alpha value is -3.22. The lowest BCUT2D eigenvalue weighted by Crippen LogP contribution is -2.30. The predicted molar refractivity (Wildman–Crippen MR) is 88.4 cm³/mol. The number of hydrogen-bond donors (Lipinski definition) is 1. The van der Waals surface area contributed by atoms with Crippen molar-refractivity contribution in [1.29, 1.82) is 0 Å². The van der Waals surface area contributed by atoms with E-state index >= 15 is 0 Å². The second kappa shape index (κ2) is 7.36. The van der Waals surface area contributed by atoms with Crippen molar-refractivity contribution in [2.75, 3.05) is 5.32 Å². The van der Waals surface area contributed by atoms with Gasteiger partial charge in [-0.05, 0) is 37.6 Å². The highest BCUT2D eigenvalue weighted by molar-refractivity contribution is 5.94. The second-order valence-electron chi connectivity index (χ2n) is 5.22. The van der Waals surface area contributed by atoms with Gasteiger partial charge in [0.1, 0.15) is 5.75 Å². The molecule has 7 nitrogen and oxygen atoms in total. The summed E-state index contributed by atoms with van der Waals surface area (Å²) in [5.41, 5.74) is 1.43. The first-order valence-electron chi connectivity index (χ1n) is 7.18. The maximum atomic E-state index is 12.2. The molecule has 7 heteroatoms. The number of carbonyl (C=O) groups is 2. The van der Waals surface area contributed by atoms with Crippen molar-refractivity contribution >= 4 is 23.6 Å². The van der Waals surface area contributed by atoms with Gasteiger partial charge < -0.3 is 10.1 Å². The predicted octanol–water partition coefficient (Wildman–Crippen LogP) is 3.12. The number of non-ortho nitro benzene ring substituents is 1. The summed E-state index contributed by atoms with van der Waals surface area (Å²) in [4.78, 5) is 33.4. The Labute approximate surface area is 138 Å². The van der Waals surface area contributed by atoms with E-state index in [0.29, 0.717) is 12.0 Å². The van der Waals surface area contributed by atoms with Gasteiger partial charge in [0.05, 0.1) is 10.5 Å². The number of nitro groups is 1. The fraction of sp³-hybridized carbons (Fsp3) is 0.176. The lowest BCUT2D eigenvalue weighted by molar-refractivity contribution is -0.384. The second-order valence-corrected chi connectivity index (χ2v) is 5.22. The van der Waals surface area contributed by atoms with Crippen LogP contribution in [0.25, 0.3) is 0 Å². The van der Waals surface area contributed by atoms with E-state index in [-0.39, 0.29) is 17.0 Å². The summed E-state index contributed by atoms with van der Waals surface area (Å²) >= 11 is 0. The molecular formula is C17H16N2O5. The average Bonchev–Trinajstić information content (AvgIpc) is 2.54. The van der Waals surface area contributed by atoms with Crippen LogP contribution < -0.4 is 10.1 Å². The van der Waals surface area contributed by atoms with Crippen LogP contribution in [0.1, 0.15) is 22.8 Å². The highest BCUT2D eigenvalue weighted by atomic mass is 16.6. The molecule has 0 aliphatic carbocycles. The van der Waals surface area contributed by atoms with E-state index in [2.05, 4.69) is 5.32 Å². The normalized spacial score (nSPS) is 11.4. The van der Waals surface area contributed by atoms with E-state index in [4.69, 9.17) is 4.74 Å². The van der Waals surface area contributed by atoms with Gasteiger partial charge in [0, 0.05) is 17.8 Å². The van der Waals surface area contributed by atoms with Gasteiger partial charge in [-0.25, -0.2) is 0 Å². The van der Waals surface area contributed by atoms with Gasteiger partial charge in [0.25, 0.3) is 11.6 Å². The number of benzene rings is 2. The van der Waals surface area contributed by atoms with Crippen LogP contribution >= 0.6 is 0 Å². The van der Waals surface area contributed by atoms with Crippen LogP contribution in [0, 0.1) is 17.0 Å². The van der Waals surface area contributed by atoms with Crippen molar-refractivity contribution in [1.82, 2.24) is 0 Å². The number of aldehydes is 1. The van der Waals surface area contributed by atoms with Crippen molar-refractivity contribution in [3.63, 3.8) is 0 Å². The van der Waals surface area contributed by atoms with Crippen LogP contribution in [0.2, 0.25) is 0 Å². The number of nitrogens with one attached hydrogen (secondary N) is 1. The smallest absolute Gasteiger partial charge is 0.270 e. The first-order valence-corrected chi connectivity index (χ1v) is 7.18. The molecule has 0 saturated heterocycles. The summed E-state index contributed by atoms with van der Waals surface area (Å²) in [7, 11) is 0. The summed E-state index contributed by atoms with van der Waals surface area (Å²) in [5.74, 6) is -0.279.